The second kappa shape index (κ2) is 14.1. The van der Waals surface area contributed by atoms with Gasteiger partial charge in [0, 0.05) is 0 Å². The molecular formula is C39H40Zr. The third kappa shape index (κ3) is 7.80. The quantitative estimate of drug-likeness (QED) is 0.180. The van der Waals surface area contributed by atoms with Crippen molar-refractivity contribution in [3.8, 4) is 0 Å². The van der Waals surface area contributed by atoms with Gasteiger partial charge in [0.1, 0.15) is 0 Å². The molecule has 1 unspecified atom stereocenters. The monoisotopic (exact) mass is 598 g/mol. The third-order valence-corrected chi connectivity index (χ3v) is 8.72. The topological polar surface area (TPSA) is 0 Å². The van der Waals surface area contributed by atoms with Gasteiger partial charge in [-0.1, -0.05) is 80.8 Å². The molecule has 1 heteroatoms. The molecule has 0 aromatic heterocycles. The van der Waals surface area contributed by atoms with E-state index in [1.807, 2.05) is 0 Å². The van der Waals surface area contributed by atoms with E-state index in [0.29, 0.717) is 17.8 Å². The van der Waals surface area contributed by atoms with Crippen molar-refractivity contribution in [1.29, 1.82) is 0 Å². The summed E-state index contributed by atoms with van der Waals surface area (Å²) in [6.07, 6.45) is 7.98. The van der Waals surface area contributed by atoms with Gasteiger partial charge in [-0.15, -0.1) is 39.7 Å². The summed E-state index contributed by atoms with van der Waals surface area (Å²) in [5, 5.41) is 5.46. The van der Waals surface area contributed by atoms with Gasteiger partial charge >= 0.3 is 99.2 Å². The molecule has 0 amide bonds. The molecule has 0 aliphatic heterocycles. The van der Waals surface area contributed by atoms with E-state index in [1.54, 1.807) is 0 Å². The third-order valence-electron chi connectivity index (χ3n) is 7.30. The Balaban J connectivity index is 0.000000141. The first-order valence-electron chi connectivity index (χ1n) is 14.3. The minimum absolute atomic E-state index is 0.562. The van der Waals surface area contributed by atoms with Gasteiger partial charge in [0.05, 0.1) is 0 Å². The van der Waals surface area contributed by atoms with E-state index in [9.17, 15) is 0 Å². The molecule has 5 aromatic carbocycles. The predicted molar refractivity (Wildman–Crippen MR) is 172 cm³/mol. The zero-order valence-electron chi connectivity index (χ0n) is 24.7. The Kier molecular flexibility index (Phi) is 10.5. The van der Waals surface area contributed by atoms with Gasteiger partial charge in [0.25, 0.3) is 0 Å². The van der Waals surface area contributed by atoms with Crippen LogP contribution in [0.4, 0.5) is 0 Å². The molecule has 0 saturated carbocycles. The summed E-state index contributed by atoms with van der Waals surface area (Å²) in [7, 11) is 0. The molecule has 1 aliphatic rings. The number of hydrogen-bond donors (Lipinski definition) is 0. The molecule has 1 aliphatic carbocycles. The zero-order chi connectivity index (χ0) is 28.6. The van der Waals surface area contributed by atoms with Crippen molar-refractivity contribution in [3.05, 3.63) is 149 Å². The number of allylic oxidation sites excluding steroid dienone is 4. The van der Waals surface area contributed by atoms with Crippen LogP contribution in [0.1, 0.15) is 49.9 Å². The van der Waals surface area contributed by atoms with Crippen LogP contribution in [0.2, 0.25) is 0 Å². The molecule has 0 fully saturated rings. The Labute approximate surface area is 256 Å². The van der Waals surface area contributed by atoms with Crippen LogP contribution in [-0.2, 0) is 24.2 Å². The summed E-state index contributed by atoms with van der Waals surface area (Å²) in [4.78, 5) is 0. The fraction of sp³-hybridized carbons (Fsp3) is 0.231. The number of rotatable bonds is 4. The van der Waals surface area contributed by atoms with Crippen molar-refractivity contribution in [2.75, 3.05) is 0 Å². The van der Waals surface area contributed by atoms with Crippen molar-refractivity contribution in [2.24, 2.45) is 17.8 Å². The van der Waals surface area contributed by atoms with Crippen LogP contribution in [0, 0.1) is 37.7 Å². The molecule has 0 N–H and O–H groups in total. The van der Waals surface area contributed by atoms with Crippen LogP contribution in [0.3, 0.4) is 0 Å². The molecule has 0 spiro atoms. The van der Waals surface area contributed by atoms with Gasteiger partial charge in [0.15, 0.2) is 0 Å². The van der Waals surface area contributed by atoms with Crippen molar-refractivity contribution < 1.29 is 24.2 Å². The molecular weight excluding hydrogens is 560 g/mol. The molecule has 0 saturated heterocycles. The number of fused-ring (bicyclic) bond motifs is 3. The maximum absolute atomic E-state index is 3.50. The normalized spacial score (nSPS) is 14.2. The van der Waals surface area contributed by atoms with E-state index in [-0.39, 0.29) is 0 Å². The Morgan fingerprint density at radius 1 is 0.700 bits per heavy atom. The molecule has 1 atom stereocenters. The number of aryl methyl sites for hydroxylation is 2. The molecule has 40 heavy (non-hydrogen) atoms. The summed E-state index contributed by atoms with van der Waals surface area (Å²) in [6.45, 7) is 13.2. The molecule has 5 aromatic rings. The maximum atomic E-state index is 3.50. The second-order valence-corrected chi connectivity index (χ2v) is 12.5. The van der Waals surface area contributed by atoms with Crippen molar-refractivity contribution in [2.45, 2.75) is 41.5 Å². The summed E-state index contributed by atoms with van der Waals surface area (Å²) < 4.78 is 1.42. The Bertz CT molecular complexity index is 1510. The Morgan fingerprint density at radius 2 is 1.18 bits per heavy atom. The van der Waals surface area contributed by atoms with Crippen LogP contribution >= 0.6 is 0 Å². The van der Waals surface area contributed by atoms with E-state index in [0.717, 1.165) is 0 Å². The standard InChI is InChI=1S/C15H13.C13H10.C11H17.Zr/c1-10-3-5-14-12(7-10)9-13-8-11(2)4-6-15(13)14;1-3-7-12(8-4-1)11-13-9-5-2-6-10-13;1-8(2)10-5-6-11(7-10)9(3)4;/h3-9H,1-2H3;1-10H;5-6,8-10H,1-4H3;/q-1;;-1;+2. The summed E-state index contributed by atoms with van der Waals surface area (Å²) in [5.74, 6) is 1.89. The fourth-order valence-electron chi connectivity index (χ4n) is 4.88. The molecule has 200 valence electrons. The fourth-order valence-corrected chi connectivity index (χ4v) is 5.70. The van der Waals surface area contributed by atoms with Crippen LogP contribution in [0.5, 0.6) is 0 Å². The zero-order valence-corrected chi connectivity index (χ0v) is 27.2. The van der Waals surface area contributed by atoms with Crippen LogP contribution in [-0.4, -0.2) is 3.21 Å². The van der Waals surface area contributed by atoms with Crippen molar-refractivity contribution in [3.63, 3.8) is 0 Å². The molecule has 0 nitrogen and oxygen atoms in total. The van der Waals surface area contributed by atoms with Crippen LogP contribution in [0.25, 0.3) is 21.5 Å². The van der Waals surface area contributed by atoms with Crippen LogP contribution in [0.15, 0.2) is 121 Å². The van der Waals surface area contributed by atoms with Crippen molar-refractivity contribution >= 4 is 24.8 Å². The van der Waals surface area contributed by atoms with Gasteiger partial charge in [-0.3, -0.25) is 6.08 Å². The summed E-state index contributed by atoms with van der Waals surface area (Å²) in [6, 6.07) is 36.7. The van der Waals surface area contributed by atoms with Crippen molar-refractivity contribution in [1.82, 2.24) is 0 Å². The molecule has 0 radical (unpaired) electrons. The molecule has 0 heterocycles. The summed E-state index contributed by atoms with van der Waals surface area (Å²) >= 11 is 1.46. The van der Waals surface area contributed by atoms with Crippen LogP contribution < -0.4 is 0 Å². The first-order valence-corrected chi connectivity index (χ1v) is 15.5. The minimum atomic E-state index is 0.562. The van der Waals surface area contributed by atoms with Gasteiger partial charge in [-0.25, -0.2) is 11.6 Å². The van der Waals surface area contributed by atoms with E-state index in [2.05, 4.69) is 163 Å². The first-order chi connectivity index (χ1) is 19.2. The molecule has 0 bridgehead atoms. The Morgan fingerprint density at radius 3 is 1.55 bits per heavy atom. The number of benzene rings is 4. The van der Waals surface area contributed by atoms with Gasteiger partial charge in [-0.2, -0.15) is 6.08 Å². The Hall–Kier alpha value is -3.02. The second-order valence-electron chi connectivity index (χ2n) is 11.3. The first kappa shape index (κ1) is 30.0. The average molecular weight is 600 g/mol. The predicted octanol–water partition coefficient (Wildman–Crippen LogP) is 10.3. The van der Waals surface area contributed by atoms with E-state index < -0.39 is 0 Å². The van der Waals surface area contributed by atoms with Gasteiger partial charge < -0.3 is 0 Å². The van der Waals surface area contributed by atoms with Gasteiger partial charge in [-0.05, 0) is 13.8 Å². The molecule has 6 rings (SSSR count). The van der Waals surface area contributed by atoms with Gasteiger partial charge in [0.2, 0.25) is 0 Å². The van der Waals surface area contributed by atoms with E-state index >= 15 is 0 Å². The van der Waals surface area contributed by atoms with E-state index in [4.69, 9.17) is 0 Å². The SMILES string of the molecule is CC(C)C1=[C-]C(C(C)C)C=C1.Cc1ccc2c(c1)[cH-]c1cc(C)ccc12.[Zr+2]=[C](c1ccccc1)c1ccccc1. The summed E-state index contributed by atoms with van der Waals surface area (Å²) in [5.41, 5.74) is 6.70. The van der Waals surface area contributed by atoms with E-state index in [1.165, 1.54) is 76.8 Å². The number of hydrogen-bond acceptors (Lipinski definition) is 0. The average Bonchev–Trinajstić information content (AvgIpc) is 3.59.